The van der Waals surface area contributed by atoms with Gasteiger partial charge in [-0.05, 0) is 18.6 Å². The Morgan fingerprint density at radius 1 is 1.12 bits per heavy atom. The molecular weight excluding hydrogens is 346 g/mol. The molecule has 1 saturated heterocycles. The second-order valence-electron chi connectivity index (χ2n) is 5.77. The van der Waals surface area contributed by atoms with E-state index in [2.05, 4.69) is 5.32 Å². The SMILES string of the molecule is CS(=O)(=O)N1CCCN(C(=O)CNC(=O)COc2ccccc2)CC1. The number of amides is 2. The monoisotopic (exact) mass is 369 g/mol. The van der Waals surface area contributed by atoms with Crippen molar-refractivity contribution >= 4 is 21.8 Å². The van der Waals surface area contributed by atoms with Crippen molar-refractivity contribution in [1.29, 1.82) is 0 Å². The number of hydrogen-bond acceptors (Lipinski definition) is 5. The standard InChI is InChI=1S/C16H23N3O5S/c1-25(22,23)19-9-5-8-18(10-11-19)16(21)12-17-15(20)13-24-14-6-3-2-4-7-14/h2-4,6-7H,5,8-13H2,1H3,(H,17,20). The molecule has 2 amide bonds. The first-order valence-corrected chi connectivity index (χ1v) is 9.88. The van der Waals surface area contributed by atoms with Gasteiger partial charge < -0.3 is 15.0 Å². The molecule has 1 heterocycles. The Morgan fingerprint density at radius 2 is 1.84 bits per heavy atom. The summed E-state index contributed by atoms with van der Waals surface area (Å²) in [6, 6.07) is 8.93. The molecule has 25 heavy (non-hydrogen) atoms. The van der Waals surface area contributed by atoms with E-state index in [1.165, 1.54) is 4.31 Å². The number of ether oxygens (including phenoxy) is 1. The first-order valence-electron chi connectivity index (χ1n) is 8.04. The smallest absolute Gasteiger partial charge is 0.258 e. The summed E-state index contributed by atoms with van der Waals surface area (Å²) < 4.78 is 29.8. The van der Waals surface area contributed by atoms with Crippen LogP contribution in [0.2, 0.25) is 0 Å². The molecule has 8 nitrogen and oxygen atoms in total. The molecule has 0 aliphatic carbocycles. The van der Waals surface area contributed by atoms with Gasteiger partial charge in [0, 0.05) is 26.2 Å². The maximum absolute atomic E-state index is 12.2. The van der Waals surface area contributed by atoms with Crippen LogP contribution in [-0.4, -0.2) is 75.0 Å². The van der Waals surface area contributed by atoms with Crippen molar-refractivity contribution in [2.24, 2.45) is 0 Å². The second-order valence-corrected chi connectivity index (χ2v) is 7.76. The van der Waals surface area contributed by atoms with Gasteiger partial charge in [0.15, 0.2) is 6.61 Å². The summed E-state index contributed by atoms with van der Waals surface area (Å²) in [6.07, 6.45) is 1.74. The minimum absolute atomic E-state index is 0.129. The van der Waals surface area contributed by atoms with Gasteiger partial charge in [-0.2, -0.15) is 0 Å². The van der Waals surface area contributed by atoms with Crippen LogP contribution >= 0.6 is 0 Å². The highest BCUT2D eigenvalue weighted by Gasteiger charge is 2.23. The van der Waals surface area contributed by atoms with Crippen molar-refractivity contribution in [2.45, 2.75) is 6.42 Å². The maximum atomic E-state index is 12.2. The molecule has 1 fully saturated rings. The first kappa shape index (κ1) is 19.2. The maximum Gasteiger partial charge on any atom is 0.258 e. The van der Waals surface area contributed by atoms with E-state index in [0.717, 1.165) is 6.26 Å². The molecule has 1 aliphatic rings. The number of benzene rings is 1. The molecule has 2 rings (SSSR count). The minimum Gasteiger partial charge on any atom is -0.484 e. The van der Waals surface area contributed by atoms with Crippen molar-refractivity contribution in [3.63, 3.8) is 0 Å². The van der Waals surface area contributed by atoms with Crippen LogP contribution in [-0.2, 0) is 19.6 Å². The molecular formula is C16H23N3O5S. The summed E-state index contributed by atoms with van der Waals surface area (Å²) >= 11 is 0. The van der Waals surface area contributed by atoms with E-state index in [4.69, 9.17) is 4.74 Å². The number of carbonyl (C=O) groups is 2. The quantitative estimate of drug-likeness (QED) is 0.741. The van der Waals surface area contributed by atoms with Gasteiger partial charge >= 0.3 is 0 Å². The molecule has 138 valence electrons. The Labute approximate surface area is 147 Å². The Bertz CT molecular complexity index is 693. The normalized spacial score (nSPS) is 16.1. The van der Waals surface area contributed by atoms with Crippen molar-refractivity contribution < 1.29 is 22.7 Å². The van der Waals surface area contributed by atoms with E-state index >= 15 is 0 Å². The molecule has 0 saturated carbocycles. The zero-order valence-electron chi connectivity index (χ0n) is 14.2. The van der Waals surface area contributed by atoms with Crippen LogP contribution < -0.4 is 10.1 Å². The van der Waals surface area contributed by atoms with Crippen LogP contribution in [0.4, 0.5) is 0 Å². The second kappa shape index (κ2) is 8.82. The highest BCUT2D eigenvalue weighted by Crippen LogP contribution is 2.08. The van der Waals surface area contributed by atoms with Crippen LogP contribution in [0.1, 0.15) is 6.42 Å². The lowest BCUT2D eigenvalue weighted by Crippen LogP contribution is -2.43. The number of nitrogens with zero attached hydrogens (tertiary/aromatic N) is 2. The van der Waals surface area contributed by atoms with E-state index in [0.29, 0.717) is 31.8 Å². The zero-order chi connectivity index (χ0) is 18.3. The van der Waals surface area contributed by atoms with E-state index in [1.54, 1.807) is 29.2 Å². The summed E-state index contributed by atoms with van der Waals surface area (Å²) in [5.74, 6) is -0.0365. The van der Waals surface area contributed by atoms with E-state index in [1.807, 2.05) is 6.07 Å². The third-order valence-corrected chi connectivity index (χ3v) is 5.13. The Kier molecular flexibility index (Phi) is 6.77. The van der Waals surface area contributed by atoms with Crippen LogP contribution in [0, 0.1) is 0 Å². The van der Waals surface area contributed by atoms with Gasteiger partial charge in [0.1, 0.15) is 5.75 Å². The largest absolute Gasteiger partial charge is 0.484 e. The number of rotatable bonds is 6. The van der Waals surface area contributed by atoms with Gasteiger partial charge in [-0.25, -0.2) is 12.7 Å². The number of nitrogens with one attached hydrogen (secondary N) is 1. The summed E-state index contributed by atoms with van der Waals surface area (Å²) in [4.78, 5) is 25.5. The molecule has 1 aliphatic heterocycles. The number of sulfonamides is 1. The van der Waals surface area contributed by atoms with Crippen molar-refractivity contribution in [1.82, 2.24) is 14.5 Å². The fourth-order valence-electron chi connectivity index (χ4n) is 2.48. The Morgan fingerprint density at radius 3 is 2.52 bits per heavy atom. The summed E-state index contributed by atoms with van der Waals surface area (Å²) in [5, 5.41) is 2.52. The molecule has 1 aromatic carbocycles. The van der Waals surface area contributed by atoms with Crippen LogP contribution in [0.15, 0.2) is 30.3 Å². The molecule has 0 atom stereocenters. The third kappa shape index (κ3) is 6.35. The topological polar surface area (TPSA) is 96.0 Å². The fraction of sp³-hybridized carbons (Fsp3) is 0.500. The molecule has 0 aromatic heterocycles. The third-order valence-electron chi connectivity index (χ3n) is 3.83. The summed E-state index contributed by atoms with van der Waals surface area (Å²) in [5.41, 5.74) is 0. The van der Waals surface area contributed by atoms with Gasteiger partial charge in [0.2, 0.25) is 15.9 Å². The number of para-hydroxylation sites is 1. The Hall–Kier alpha value is -2.13. The molecule has 1 aromatic rings. The Balaban J connectivity index is 1.73. The van der Waals surface area contributed by atoms with Gasteiger partial charge in [-0.1, -0.05) is 18.2 Å². The van der Waals surface area contributed by atoms with Crippen molar-refractivity contribution in [2.75, 3.05) is 45.6 Å². The van der Waals surface area contributed by atoms with Crippen molar-refractivity contribution in [3.8, 4) is 5.75 Å². The number of hydrogen-bond donors (Lipinski definition) is 1. The molecule has 0 unspecified atom stereocenters. The van der Waals surface area contributed by atoms with Gasteiger partial charge in [0.25, 0.3) is 5.91 Å². The van der Waals surface area contributed by atoms with Gasteiger partial charge in [0.05, 0.1) is 12.8 Å². The van der Waals surface area contributed by atoms with E-state index in [-0.39, 0.29) is 31.5 Å². The number of carbonyl (C=O) groups excluding carboxylic acids is 2. The average molecular weight is 369 g/mol. The highest BCUT2D eigenvalue weighted by molar-refractivity contribution is 7.88. The summed E-state index contributed by atoms with van der Waals surface area (Å²) in [6.45, 7) is 1.17. The highest BCUT2D eigenvalue weighted by atomic mass is 32.2. The molecule has 0 bridgehead atoms. The average Bonchev–Trinajstić information content (AvgIpc) is 2.85. The van der Waals surface area contributed by atoms with Gasteiger partial charge in [-0.15, -0.1) is 0 Å². The molecule has 0 radical (unpaired) electrons. The predicted octanol–water partition coefficient (Wildman–Crippen LogP) is -0.324. The van der Waals surface area contributed by atoms with Crippen molar-refractivity contribution in [3.05, 3.63) is 30.3 Å². The van der Waals surface area contributed by atoms with Crippen LogP contribution in [0.3, 0.4) is 0 Å². The van der Waals surface area contributed by atoms with Gasteiger partial charge in [-0.3, -0.25) is 9.59 Å². The van der Waals surface area contributed by atoms with E-state index in [9.17, 15) is 18.0 Å². The lowest BCUT2D eigenvalue weighted by Gasteiger charge is -2.21. The molecule has 1 N–H and O–H groups in total. The minimum atomic E-state index is -3.25. The zero-order valence-corrected chi connectivity index (χ0v) is 15.0. The lowest BCUT2D eigenvalue weighted by molar-refractivity contribution is -0.133. The predicted molar refractivity (Wildman–Crippen MR) is 92.6 cm³/mol. The molecule has 9 heteroatoms. The first-order chi connectivity index (χ1) is 11.9. The fourth-order valence-corrected chi connectivity index (χ4v) is 3.35. The van der Waals surface area contributed by atoms with Crippen LogP contribution in [0.25, 0.3) is 0 Å². The molecule has 0 spiro atoms. The lowest BCUT2D eigenvalue weighted by atomic mass is 10.3. The van der Waals surface area contributed by atoms with E-state index < -0.39 is 10.0 Å². The summed E-state index contributed by atoms with van der Waals surface area (Å²) in [7, 11) is -3.25. The van der Waals surface area contributed by atoms with Crippen LogP contribution in [0.5, 0.6) is 5.75 Å².